The van der Waals surface area contributed by atoms with E-state index >= 15 is 0 Å². The molecule has 0 aliphatic carbocycles. The zero-order valence-electron chi connectivity index (χ0n) is 11.0. The van der Waals surface area contributed by atoms with E-state index in [1.807, 2.05) is 6.92 Å². The summed E-state index contributed by atoms with van der Waals surface area (Å²) in [6.07, 6.45) is 1.16. The van der Waals surface area contributed by atoms with Crippen LogP contribution in [0.5, 0.6) is 0 Å². The highest BCUT2D eigenvalue weighted by molar-refractivity contribution is 5.86. The van der Waals surface area contributed by atoms with Crippen molar-refractivity contribution < 1.29 is 9.66 Å². The molecule has 1 unspecified atom stereocenters. The summed E-state index contributed by atoms with van der Waals surface area (Å²) >= 11 is 0. The number of aromatic amines is 1. The first kappa shape index (κ1) is 13.9. The van der Waals surface area contributed by atoms with Crippen molar-refractivity contribution in [1.29, 1.82) is 0 Å². The number of hydrogen-bond acceptors (Lipinski definition) is 6. The molecule has 8 heteroatoms. The van der Waals surface area contributed by atoms with E-state index in [9.17, 15) is 14.9 Å². The highest BCUT2D eigenvalue weighted by atomic mass is 16.6. The Labute approximate surface area is 113 Å². The summed E-state index contributed by atoms with van der Waals surface area (Å²) in [5, 5.41) is 14.2. The molecule has 0 spiro atoms. The van der Waals surface area contributed by atoms with Crippen LogP contribution in [0.1, 0.15) is 6.92 Å². The van der Waals surface area contributed by atoms with Gasteiger partial charge in [0.05, 0.1) is 28.3 Å². The first-order valence-corrected chi connectivity index (χ1v) is 5.95. The van der Waals surface area contributed by atoms with Gasteiger partial charge in [0.25, 0.3) is 11.2 Å². The number of fused-ring (bicyclic) bond motifs is 1. The lowest BCUT2D eigenvalue weighted by molar-refractivity contribution is -0.383. The number of benzene rings is 1. The quantitative estimate of drug-likeness (QED) is 0.629. The zero-order chi connectivity index (χ0) is 14.7. The number of ether oxygens (including phenoxy) is 1. The minimum atomic E-state index is -0.536. The van der Waals surface area contributed by atoms with Crippen LogP contribution in [0.2, 0.25) is 0 Å². The second-order valence-electron chi connectivity index (χ2n) is 4.30. The third-order valence-corrected chi connectivity index (χ3v) is 2.94. The molecule has 0 radical (unpaired) electrons. The Balaban J connectivity index is 2.49. The van der Waals surface area contributed by atoms with E-state index in [2.05, 4.69) is 15.3 Å². The molecule has 1 heterocycles. The molecule has 8 nitrogen and oxygen atoms in total. The first-order valence-electron chi connectivity index (χ1n) is 5.95. The lowest BCUT2D eigenvalue weighted by atomic mass is 10.2. The molecule has 1 aromatic carbocycles. The SMILES string of the molecule is COC(C)CNc1cc2nc[nH]c(=O)c2cc1[N+](=O)[O-]. The minimum absolute atomic E-state index is 0.0996. The van der Waals surface area contributed by atoms with Crippen molar-refractivity contribution >= 4 is 22.3 Å². The van der Waals surface area contributed by atoms with Crippen LogP contribution in [0.15, 0.2) is 23.3 Å². The van der Waals surface area contributed by atoms with Crippen LogP contribution >= 0.6 is 0 Å². The molecule has 0 aliphatic heterocycles. The summed E-state index contributed by atoms with van der Waals surface area (Å²) in [7, 11) is 1.56. The largest absolute Gasteiger partial charge is 0.380 e. The Kier molecular flexibility index (Phi) is 3.94. The maximum atomic E-state index is 11.6. The number of aromatic nitrogens is 2. The Hall–Kier alpha value is -2.48. The molecule has 2 aromatic rings. The smallest absolute Gasteiger partial charge is 0.293 e. The second-order valence-corrected chi connectivity index (χ2v) is 4.30. The van der Waals surface area contributed by atoms with Gasteiger partial charge in [0.2, 0.25) is 0 Å². The molecule has 0 fully saturated rings. The Bertz CT molecular complexity index is 697. The Morgan fingerprint density at radius 2 is 2.30 bits per heavy atom. The number of rotatable bonds is 5. The predicted octanol–water partition coefficient (Wildman–Crippen LogP) is 1.28. The molecule has 1 atom stereocenters. The number of nitro groups is 1. The van der Waals surface area contributed by atoms with Gasteiger partial charge in [-0.3, -0.25) is 14.9 Å². The number of nitrogens with one attached hydrogen (secondary N) is 2. The second kappa shape index (κ2) is 5.66. The average Bonchev–Trinajstić information content (AvgIpc) is 2.44. The lowest BCUT2D eigenvalue weighted by Gasteiger charge is -2.12. The van der Waals surface area contributed by atoms with E-state index in [1.165, 1.54) is 18.5 Å². The molecular weight excluding hydrogens is 264 g/mol. The van der Waals surface area contributed by atoms with Gasteiger partial charge in [0.15, 0.2) is 0 Å². The molecule has 20 heavy (non-hydrogen) atoms. The summed E-state index contributed by atoms with van der Waals surface area (Å²) in [5.74, 6) is 0. The number of hydrogen-bond donors (Lipinski definition) is 2. The molecule has 0 saturated carbocycles. The number of H-pyrrole nitrogens is 1. The molecular formula is C12H14N4O4. The van der Waals surface area contributed by atoms with Crippen molar-refractivity contribution in [1.82, 2.24) is 9.97 Å². The van der Waals surface area contributed by atoms with E-state index in [0.717, 1.165) is 0 Å². The molecule has 0 aliphatic rings. The van der Waals surface area contributed by atoms with Gasteiger partial charge in [-0.2, -0.15) is 0 Å². The van der Waals surface area contributed by atoms with Gasteiger partial charge in [-0.25, -0.2) is 4.98 Å². The van der Waals surface area contributed by atoms with Crippen molar-refractivity contribution in [2.24, 2.45) is 0 Å². The van der Waals surface area contributed by atoms with Gasteiger partial charge in [-0.15, -0.1) is 0 Å². The molecule has 2 rings (SSSR count). The van der Waals surface area contributed by atoms with Crippen molar-refractivity contribution in [3.05, 3.63) is 38.9 Å². The van der Waals surface area contributed by atoms with Crippen molar-refractivity contribution in [2.45, 2.75) is 13.0 Å². The van der Waals surface area contributed by atoms with E-state index in [4.69, 9.17) is 4.74 Å². The van der Waals surface area contributed by atoms with E-state index in [-0.39, 0.29) is 17.2 Å². The number of nitrogens with zero attached hydrogens (tertiary/aromatic N) is 2. The molecule has 1 aromatic heterocycles. The molecule has 0 saturated heterocycles. The zero-order valence-corrected chi connectivity index (χ0v) is 11.0. The Morgan fingerprint density at radius 3 is 2.95 bits per heavy atom. The van der Waals surface area contributed by atoms with Gasteiger partial charge in [-0.1, -0.05) is 0 Å². The summed E-state index contributed by atoms with van der Waals surface area (Å²) in [6, 6.07) is 2.71. The predicted molar refractivity (Wildman–Crippen MR) is 74.0 cm³/mol. The van der Waals surface area contributed by atoms with Crippen molar-refractivity contribution in [3.8, 4) is 0 Å². The van der Waals surface area contributed by atoms with Gasteiger partial charge >= 0.3 is 0 Å². The summed E-state index contributed by atoms with van der Waals surface area (Å²) in [5.41, 5.74) is 0.130. The van der Waals surface area contributed by atoms with E-state index < -0.39 is 10.5 Å². The maximum Gasteiger partial charge on any atom is 0.293 e. The van der Waals surface area contributed by atoms with E-state index in [0.29, 0.717) is 17.7 Å². The van der Waals surface area contributed by atoms with E-state index in [1.54, 1.807) is 7.11 Å². The van der Waals surface area contributed by atoms with Crippen LogP contribution in [-0.4, -0.2) is 34.6 Å². The van der Waals surface area contributed by atoms with Crippen molar-refractivity contribution in [3.63, 3.8) is 0 Å². The molecule has 106 valence electrons. The third-order valence-electron chi connectivity index (χ3n) is 2.94. The molecule has 0 amide bonds. The van der Waals surface area contributed by atoms with Crippen LogP contribution in [0.3, 0.4) is 0 Å². The van der Waals surface area contributed by atoms with Crippen molar-refractivity contribution in [2.75, 3.05) is 19.0 Å². The number of methoxy groups -OCH3 is 1. The van der Waals surface area contributed by atoms with Gasteiger partial charge in [0.1, 0.15) is 5.69 Å². The van der Waals surface area contributed by atoms with Crippen LogP contribution in [0.25, 0.3) is 10.9 Å². The van der Waals surface area contributed by atoms with Crippen LogP contribution < -0.4 is 10.9 Å². The minimum Gasteiger partial charge on any atom is -0.380 e. The number of anilines is 1. The fourth-order valence-electron chi connectivity index (χ4n) is 1.73. The highest BCUT2D eigenvalue weighted by Crippen LogP contribution is 2.27. The average molecular weight is 278 g/mol. The van der Waals surface area contributed by atoms with Crippen LogP contribution in [-0.2, 0) is 4.74 Å². The monoisotopic (exact) mass is 278 g/mol. The molecule has 2 N–H and O–H groups in total. The maximum absolute atomic E-state index is 11.6. The van der Waals surface area contributed by atoms with Crippen LogP contribution in [0, 0.1) is 10.1 Å². The normalized spacial score (nSPS) is 12.3. The Morgan fingerprint density at radius 1 is 1.55 bits per heavy atom. The molecule has 0 bridgehead atoms. The fourth-order valence-corrected chi connectivity index (χ4v) is 1.73. The summed E-state index contributed by atoms with van der Waals surface area (Å²) in [4.78, 5) is 28.6. The van der Waals surface area contributed by atoms with Gasteiger partial charge in [0, 0.05) is 19.7 Å². The third kappa shape index (κ3) is 2.75. The lowest BCUT2D eigenvalue weighted by Crippen LogP contribution is -2.19. The standard InChI is InChI=1S/C12H14N4O4/c1-7(20-2)5-13-10-4-9-8(3-11(10)16(18)19)12(17)15-6-14-9/h3-4,6-7,13H,5H2,1-2H3,(H,14,15,17). The van der Waals surface area contributed by atoms with Crippen LogP contribution in [0.4, 0.5) is 11.4 Å². The first-order chi connectivity index (χ1) is 9.52. The fraction of sp³-hybridized carbons (Fsp3) is 0.333. The summed E-state index contributed by atoms with van der Waals surface area (Å²) in [6.45, 7) is 2.24. The van der Waals surface area contributed by atoms with Gasteiger partial charge < -0.3 is 15.0 Å². The highest BCUT2D eigenvalue weighted by Gasteiger charge is 2.17. The number of nitro benzene ring substituents is 1. The topological polar surface area (TPSA) is 110 Å². The summed E-state index contributed by atoms with van der Waals surface area (Å²) < 4.78 is 5.08. The van der Waals surface area contributed by atoms with Gasteiger partial charge in [-0.05, 0) is 13.0 Å².